The van der Waals surface area contributed by atoms with Gasteiger partial charge in [-0.05, 0) is 92.1 Å². The third-order valence-corrected chi connectivity index (χ3v) is 14.4. The number of rotatable bonds is 6. The molecule has 2 fully saturated rings. The molecule has 4 rings (SSSR count). The molecule has 4 aliphatic carbocycles. The van der Waals surface area contributed by atoms with Crippen LogP contribution in [-0.2, 0) is 9.22 Å². The lowest BCUT2D eigenvalue weighted by atomic mass is 9.54. The molecule has 0 amide bonds. The zero-order valence-electron chi connectivity index (χ0n) is 19.5. The fourth-order valence-electron chi connectivity index (χ4n) is 7.63. The molecule has 30 heavy (non-hydrogen) atoms. The fourth-order valence-corrected chi connectivity index (χ4v) is 10.8. The summed E-state index contributed by atoms with van der Waals surface area (Å²) in [5, 5.41) is 9.86. The SMILES string of the molecule is CC[Si](CC)(CC)O[C@@]1(CC#N)CC[C@H]2[C@@H]3CCC4=CC(=O)CCC4=C3CC[C@@]21C. The average Bonchev–Trinajstić information content (AvgIpc) is 3.04. The van der Waals surface area contributed by atoms with E-state index in [0.717, 1.165) is 50.2 Å². The highest BCUT2D eigenvalue weighted by Crippen LogP contribution is 2.66. The van der Waals surface area contributed by atoms with Crippen LogP contribution in [0.5, 0.6) is 0 Å². The molecular weight excluding hydrogens is 386 g/mol. The lowest BCUT2D eigenvalue weighted by Gasteiger charge is -2.55. The Balaban J connectivity index is 1.71. The van der Waals surface area contributed by atoms with Gasteiger partial charge < -0.3 is 4.43 Å². The zero-order chi connectivity index (χ0) is 21.6. The van der Waals surface area contributed by atoms with Gasteiger partial charge in [0.2, 0.25) is 0 Å². The molecule has 0 radical (unpaired) electrons. The van der Waals surface area contributed by atoms with Crippen molar-refractivity contribution in [1.82, 2.24) is 0 Å². The topological polar surface area (TPSA) is 50.1 Å². The first-order valence-corrected chi connectivity index (χ1v) is 14.9. The number of allylic oxidation sites excluding steroid dienone is 4. The van der Waals surface area contributed by atoms with Crippen LogP contribution in [0.15, 0.2) is 22.8 Å². The number of hydrogen-bond acceptors (Lipinski definition) is 3. The lowest BCUT2D eigenvalue weighted by molar-refractivity contribution is -0.114. The van der Waals surface area contributed by atoms with Crippen LogP contribution in [0.2, 0.25) is 18.1 Å². The summed E-state index contributed by atoms with van der Waals surface area (Å²) in [5.74, 6) is 1.57. The minimum absolute atomic E-state index is 0.0981. The Hall–Kier alpha value is -1.18. The molecule has 0 N–H and O–H groups in total. The first kappa shape index (κ1) is 22.0. The largest absolute Gasteiger partial charge is 0.410 e. The summed E-state index contributed by atoms with van der Waals surface area (Å²) in [6.45, 7) is 9.38. The minimum Gasteiger partial charge on any atom is -0.410 e. The number of carbonyl (C=O) groups is 1. The number of ketones is 1. The van der Waals surface area contributed by atoms with Crippen LogP contribution in [0.1, 0.15) is 85.5 Å². The molecule has 3 nitrogen and oxygen atoms in total. The predicted molar refractivity (Wildman–Crippen MR) is 123 cm³/mol. The van der Waals surface area contributed by atoms with E-state index in [1.165, 1.54) is 24.0 Å². The van der Waals surface area contributed by atoms with Crippen molar-refractivity contribution < 1.29 is 9.22 Å². The van der Waals surface area contributed by atoms with Gasteiger partial charge in [-0.25, -0.2) is 0 Å². The van der Waals surface area contributed by atoms with E-state index in [2.05, 4.69) is 33.8 Å². The van der Waals surface area contributed by atoms with Crippen LogP contribution in [0, 0.1) is 28.6 Å². The number of hydrogen-bond donors (Lipinski definition) is 0. The van der Waals surface area contributed by atoms with Gasteiger partial charge in [-0.15, -0.1) is 0 Å². The van der Waals surface area contributed by atoms with Gasteiger partial charge in [-0.3, -0.25) is 4.79 Å². The smallest absolute Gasteiger partial charge is 0.192 e. The minimum atomic E-state index is -1.80. The van der Waals surface area contributed by atoms with Gasteiger partial charge in [0.05, 0.1) is 18.1 Å². The second kappa shape index (κ2) is 8.06. The third kappa shape index (κ3) is 3.19. The average molecular weight is 426 g/mol. The highest BCUT2D eigenvalue weighted by Gasteiger charge is 2.63. The van der Waals surface area contributed by atoms with Crippen LogP contribution in [0.25, 0.3) is 0 Å². The predicted octanol–water partition coefficient (Wildman–Crippen LogP) is 6.87. The molecule has 2 saturated carbocycles. The van der Waals surface area contributed by atoms with Gasteiger partial charge in [0, 0.05) is 11.8 Å². The summed E-state index contributed by atoms with van der Waals surface area (Å²) in [7, 11) is -1.80. The molecule has 0 unspecified atom stereocenters. The highest BCUT2D eigenvalue weighted by atomic mass is 28.4. The summed E-state index contributed by atoms with van der Waals surface area (Å²) in [6, 6.07) is 6.01. The van der Waals surface area contributed by atoms with E-state index in [4.69, 9.17) is 4.43 Å². The summed E-state index contributed by atoms with van der Waals surface area (Å²) in [4.78, 5) is 11.9. The van der Waals surface area contributed by atoms with Gasteiger partial charge in [0.1, 0.15) is 0 Å². The monoisotopic (exact) mass is 425 g/mol. The Morgan fingerprint density at radius 2 is 1.83 bits per heavy atom. The maximum atomic E-state index is 11.9. The standard InChI is InChI=1S/C26H39NO2Si/c1-5-30(6-2,7-3)29-26(16-17-27)15-13-24-23-10-8-19-18-20(28)9-11-21(19)22(23)12-14-25(24,26)4/h18,23-24H,5-16H2,1-4H3/t23-,24+,25+,26-/m1/s1. The molecule has 0 aliphatic heterocycles. The van der Waals surface area contributed by atoms with Crippen molar-refractivity contribution in [2.45, 2.75) is 109 Å². The Labute approximate surface area is 184 Å². The molecule has 0 bridgehead atoms. The van der Waals surface area contributed by atoms with Crippen LogP contribution < -0.4 is 0 Å². The first-order valence-electron chi connectivity index (χ1n) is 12.4. The van der Waals surface area contributed by atoms with Crippen LogP contribution in [0.4, 0.5) is 0 Å². The van der Waals surface area contributed by atoms with E-state index >= 15 is 0 Å². The molecule has 164 valence electrons. The van der Waals surface area contributed by atoms with Crippen molar-refractivity contribution in [3.63, 3.8) is 0 Å². The summed E-state index contributed by atoms with van der Waals surface area (Å²) < 4.78 is 7.29. The Bertz CT molecular complexity index is 809. The van der Waals surface area contributed by atoms with Gasteiger partial charge in [-0.1, -0.05) is 33.3 Å². The van der Waals surface area contributed by atoms with Crippen LogP contribution >= 0.6 is 0 Å². The van der Waals surface area contributed by atoms with E-state index in [-0.39, 0.29) is 11.0 Å². The van der Waals surface area contributed by atoms with E-state index in [0.29, 0.717) is 30.5 Å². The van der Waals surface area contributed by atoms with E-state index < -0.39 is 8.32 Å². The molecule has 0 saturated heterocycles. The van der Waals surface area contributed by atoms with E-state index in [1.54, 1.807) is 5.57 Å². The number of nitriles is 1. The normalized spacial score (nSPS) is 36.0. The molecule has 0 spiro atoms. The van der Waals surface area contributed by atoms with Crippen molar-refractivity contribution >= 4 is 14.1 Å². The highest BCUT2D eigenvalue weighted by molar-refractivity contribution is 6.73. The van der Waals surface area contributed by atoms with Crippen LogP contribution in [-0.4, -0.2) is 19.7 Å². The van der Waals surface area contributed by atoms with Gasteiger partial charge in [0.25, 0.3) is 0 Å². The second-order valence-electron chi connectivity index (χ2n) is 10.5. The van der Waals surface area contributed by atoms with Gasteiger partial charge in [0.15, 0.2) is 14.1 Å². The molecule has 0 aromatic rings. The van der Waals surface area contributed by atoms with Crippen molar-refractivity contribution in [2.75, 3.05) is 0 Å². The summed E-state index contributed by atoms with van der Waals surface area (Å²) >= 11 is 0. The maximum Gasteiger partial charge on any atom is 0.192 e. The molecule has 4 aliphatic rings. The quantitative estimate of drug-likeness (QED) is 0.436. The molecule has 0 aromatic carbocycles. The van der Waals surface area contributed by atoms with Crippen molar-refractivity contribution in [1.29, 1.82) is 5.26 Å². The zero-order valence-corrected chi connectivity index (χ0v) is 20.5. The molecule has 0 heterocycles. The Morgan fingerprint density at radius 3 is 2.50 bits per heavy atom. The molecule has 0 aromatic heterocycles. The van der Waals surface area contributed by atoms with Crippen LogP contribution in [0.3, 0.4) is 0 Å². The molecule has 4 atom stereocenters. The fraction of sp³-hybridized carbons (Fsp3) is 0.769. The second-order valence-corrected chi connectivity index (χ2v) is 15.2. The van der Waals surface area contributed by atoms with Crippen molar-refractivity contribution in [3.05, 3.63) is 22.8 Å². The maximum absolute atomic E-state index is 11.9. The molecular formula is C26H39NO2Si. The van der Waals surface area contributed by atoms with Crippen molar-refractivity contribution in [3.8, 4) is 6.07 Å². The Kier molecular flexibility index (Phi) is 5.92. The number of carbonyl (C=O) groups excluding carboxylic acids is 1. The molecule has 4 heteroatoms. The first-order chi connectivity index (χ1) is 14.4. The lowest BCUT2D eigenvalue weighted by Crippen LogP contribution is -2.56. The van der Waals surface area contributed by atoms with Crippen molar-refractivity contribution in [2.24, 2.45) is 17.3 Å². The Morgan fingerprint density at radius 1 is 1.10 bits per heavy atom. The van der Waals surface area contributed by atoms with E-state index in [9.17, 15) is 10.1 Å². The summed E-state index contributed by atoms with van der Waals surface area (Å²) in [6.07, 6.45) is 10.9. The number of fused-ring (bicyclic) bond motifs is 4. The number of nitrogens with zero attached hydrogens (tertiary/aromatic N) is 1. The summed E-state index contributed by atoms with van der Waals surface area (Å²) in [5.41, 5.74) is 4.38. The van der Waals surface area contributed by atoms with Gasteiger partial charge >= 0.3 is 0 Å². The third-order valence-electron chi connectivity index (χ3n) is 9.73. The van der Waals surface area contributed by atoms with E-state index in [1.807, 2.05) is 6.08 Å². The van der Waals surface area contributed by atoms with Gasteiger partial charge in [-0.2, -0.15) is 5.26 Å².